The van der Waals surface area contributed by atoms with Crippen molar-refractivity contribution < 1.29 is 15.0 Å². The molecule has 0 radical (unpaired) electrons. The molecule has 0 saturated heterocycles. The van der Waals surface area contributed by atoms with Crippen LogP contribution in [0.1, 0.15) is 6.42 Å². The second-order valence-electron chi connectivity index (χ2n) is 1.87. The Hall–Kier alpha value is -0.260. The maximum absolute atomic E-state index is 10.1. The first-order valence-electron chi connectivity index (χ1n) is 2.77. The third kappa shape index (κ3) is 3.71. The predicted molar refractivity (Wildman–Crippen MR) is 39.8 cm³/mol. The number of hydrogen-bond acceptors (Lipinski definition) is 4. The summed E-state index contributed by atoms with van der Waals surface area (Å²) in [5.74, 6) is -1.08. The third-order valence-corrected chi connectivity index (χ3v) is 1.78. The highest BCUT2D eigenvalue weighted by atomic mass is 32.2. The van der Waals surface area contributed by atoms with Crippen molar-refractivity contribution in [2.75, 3.05) is 6.26 Å². The molecule has 0 aliphatic heterocycles. The predicted octanol–water partition coefficient (Wildman–Crippen LogP) is -0.530. The van der Waals surface area contributed by atoms with Crippen molar-refractivity contribution in [1.29, 1.82) is 0 Å². The molecular weight excluding hydrogens is 154 g/mol. The molecule has 0 amide bonds. The zero-order valence-electron chi connectivity index (χ0n) is 5.65. The molecule has 10 heavy (non-hydrogen) atoms. The summed E-state index contributed by atoms with van der Waals surface area (Å²) in [5, 5.41) is 17.2. The molecule has 0 saturated carbocycles. The molecule has 1 unspecified atom stereocenters. The van der Waals surface area contributed by atoms with Crippen molar-refractivity contribution in [3.63, 3.8) is 0 Å². The summed E-state index contributed by atoms with van der Waals surface area (Å²) in [6.45, 7) is 0. The van der Waals surface area contributed by atoms with Gasteiger partial charge in [-0.15, -0.1) is 11.8 Å². The number of carboxylic acid groups (broad SMARTS) is 1. The number of thioether (sulfide) groups is 1. The summed E-state index contributed by atoms with van der Waals surface area (Å²) < 4.78 is 0. The van der Waals surface area contributed by atoms with Crippen LogP contribution in [0.3, 0.4) is 0 Å². The van der Waals surface area contributed by atoms with E-state index in [0.717, 1.165) is 0 Å². The molecule has 0 aromatic heterocycles. The molecule has 0 fully saturated rings. The zero-order chi connectivity index (χ0) is 8.15. The smallest absolute Gasteiger partial charge is 0.320 e. The lowest BCUT2D eigenvalue weighted by molar-refractivity contribution is -0.139. The maximum Gasteiger partial charge on any atom is 0.320 e. The van der Waals surface area contributed by atoms with Crippen LogP contribution < -0.4 is 5.73 Å². The Morgan fingerprint density at radius 2 is 2.30 bits per heavy atom. The molecule has 0 aliphatic rings. The average molecular weight is 165 g/mol. The first kappa shape index (κ1) is 9.74. The molecule has 5 heteroatoms. The quantitative estimate of drug-likeness (QED) is 0.488. The van der Waals surface area contributed by atoms with Gasteiger partial charge >= 0.3 is 5.97 Å². The van der Waals surface area contributed by atoms with Gasteiger partial charge in [0, 0.05) is 6.42 Å². The lowest BCUT2D eigenvalue weighted by atomic mass is 10.2. The Morgan fingerprint density at radius 1 is 1.80 bits per heavy atom. The fourth-order valence-electron chi connectivity index (χ4n) is 0.414. The van der Waals surface area contributed by atoms with Gasteiger partial charge in [-0.2, -0.15) is 0 Å². The number of aliphatic hydroxyl groups excluding tert-OH is 1. The molecular formula is C5H11NO3S. The molecule has 4 N–H and O–H groups in total. The van der Waals surface area contributed by atoms with Crippen LogP contribution in [0.2, 0.25) is 0 Å². The summed E-state index contributed by atoms with van der Waals surface area (Å²) in [4.78, 5) is 10.1. The number of rotatable bonds is 4. The number of carboxylic acids is 1. The highest BCUT2D eigenvalue weighted by molar-refractivity contribution is 7.99. The molecule has 4 nitrogen and oxygen atoms in total. The Balaban J connectivity index is 3.56. The normalized spacial score (nSPS) is 16.3. The molecule has 0 rings (SSSR count). The number of carbonyl (C=O) groups is 1. The van der Waals surface area contributed by atoms with Crippen molar-refractivity contribution in [3.05, 3.63) is 0 Å². The molecule has 0 heterocycles. The van der Waals surface area contributed by atoms with Gasteiger partial charge in [0.1, 0.15) is 11.5 Å². The van der Waals surface area contributed by atoms with Crippen molar-refractivity contribution in [2.24, 2.45) is 5.73 Å². The van der Waals surface area contributed by atoms with Crippen LogP contribution in [0.4, 0.5) is 0 Å². The number of aliphatic hydroxyl groups is 1. The van der Waals surface area contributed by atoms with Crippen LogP contribution in [-0.4, -0.2) is 33.9 Å². The van der Waals surface area contributed by atoms with Crippen molar-refractivity contribution in [2.45, 2.75) is 17.9 Å². The van der Waals surface area contributed by atoms with Crippen molar-refractivity contribution >= 4 is 17.7 Å². The van der Waals surface area contributed by atoms with Gasteiger partial charge < -0.3 is 15.9 Å². The van der Waals surface area contributed by atoms with Gasteiger partial charge in [0.05, 0.1) is 0 Å². The zero-order valence-corrected chi connectivity index (χ0v) is 6.47. The Morgan fingerprint density at radius 3 is 2.60 bits per heavy atom. The number of aliphatic carboxylic acids is 1. The van der Waals surface area contributed by atoms with Crippen LogP contribution >= 0.6 is 11.8 Å². The first-order valence-corrected chi connectivity index (χ1v) is 4.06. The fraction of sp³-hybridized carbons (Fsp3) is 0.800. The summed E-state index contributed by atoms with van der Waals surface area (Å²) in [6.07, 6.45) is 1.79. The minimum absolute atomic E-state index is 0.0938. The molecule has 2 atom stereocenters. The van der Waals surface area contributed by atoms with Crippen molar-refractivity contribution in [3.8, 4) is 0 Å². The number of nitrogens with two attached hydrogens (primary N) is 1. The van der Waals surface area contributed by atoms with Gasteiger partial charge in [0.25, 0.3) is 0 Å². The Bertz CT molecular complexity index is 119. The SMILES string of the molecule is CSC(O)C[C@H](N)C(=O)O. The maximum atomic E-state index is 10.1. The minimum Gasteiger partial charge on any atom is -0.480 e. The fourth-order valence-corrected chi connectivity index (χ4v) is 0.814. The summed E-state index contributed by atoms with van der Waals surface area (Å²) in [5.41, 5.74) is 4.45. The van der Waals surface area contributed by atoms with E-state index in [0.29, 0.717) is 0 Å². The summed E-state index contributed by atoms with van der Waals surface area (Å²) >= 11 is 1.18. The average Bonchev–Trinajstić information content (AvgIpc) is 1.87. The van der Waals surface area contributed by atoms with E-state index in [-0.39, 0.29) is 6.42 Å². The van der Waals surface area contributed by atoms with Crippen LogP contribution in [0, 0.1) is 0 Å². The molecule has 0 aromatic carbocycles. The molecule has 0 aliphatic carbocycles. The Kier molecular flexibility index (Phi) is 4.42. The minimum atomic E-state index is -1.08. The number of hydrogen-bond donors (Lipinski definition) is 3. The topological polar surface area (TPSA) is 83.5 Å². The van der Waals surface area contributed by atoms with E-state index in [4.69, 9.17) is 15.9 Å². The van der Waals surface area contributed by atoms with Gasteiger partial charge in [0.15, 0.2) is 0 Å². The van der Waals surface area contributed by atoms with Crippen LogP contribution in [-0.2, 0) is 4.79 Å². The van der Waals surface area contributed by atoms with Gasteiger partial charge in [-0.1, -0.05) is 0 Å². The molecule has 60 valence electrons. The lowest BCUT2D eigenvalue weighted by Crippen LogP contribution is -2.33. The second-order valence-corrected chi connectivity index (χ2v) is 2.89. The van der Waals surface area contributed by atoms with Crippen LogP contribution in [0.5, 0.6) is 0 Å². The van der Waals surface area contributed by atoms with E-state index >= 15 is 0 Å². The molecule has 0 spiro atoms. The van der Waals surface area contributed by atoms with Crippen LogP contribution in [0.25, 0.3) is 0 Å². The van der Waals surface area contributed by atoms with Gasteiger partial charge in [-0.3, -0.25) is 4.79 Å². The van der Waals surface area contributed by atoms with E-state index in [2.05, 4.69) is 0 Å². The van der Waals surface area contributed by atoms with E-state index in [1.54, 1.807) is 6.26 Å². The lowest BCUT2D eigenvalue weighted by Gasteiger charge is -2.09. The van der Waals surface area contributed by atoms with E-state index in [1.807, 2.05) is 0 Å². The second kappa shape index (κ2) is 4.54. The van der Waals surface area contributed by atoms with Gasteiger partial charge in [-0.05, 0) is 6.26 Å². The first-order chi connectivity index (χ1) is 4.57. The molecule has 0 bridgehead atoms. The van der Waals surface area contributed by atoms with Crippen molar-refractivity contribution in [1.82, 2.24) is 0 Å². The molecule has 0 aromatic rings. The van der Waals surface area contributed by atoms with Gasteiger partial charge in [0.2, 0.25) is 0 Å². The highest BCUT2D eigenvalue weighted by Gasteiger charge is 2.15. The Labute approximate surface area is 63.4 Å². The highest BCUT2D eigenvalue weighted by Crippen LogP contribution is 2.08. The van der Waals surface area contributed by atoms with Crippen LogP contribution in [0.15, 0.2) is 0 Å². The van der Waals surface area contributed by atoms with E-state index in [1.165, 1.54) is 11.8 Å². The monoisotopic (exact) mass is 165 g/mol. The van der Waals surface area contributed by atoms with E-state index in [9.17, 15) is 4.79 Å². The largest absolute Gasteiger partial charge is 0.480 e. The van der Waals surface area contributed by atoms with E-state index < -0.39 is 17.4 Å². The van der Waals surface area contributed by atoms with Gasteiger partial charge in [-0.25, -0.2) is 0 Å². The standard InChI is InChI=1S/C5H11NO3S/c1-10-4(7)2-3(6)5(8)9/h3-4,7H,2,6H2,1H3,(H,8,9)/t3-,4?/m0/s1. The third-order valence-electron chi connectivity index (χ3n) is 1.04. The summed E-state index contributed by atoms with van der Waals surface area (Å²) in [6, 6.07) is -0.956. The summed E-state index contributed by atoms with van der Waals surface area (Å²) in [7, 11) is 0.